The summed E-state index contributed by atoms with van der Waals surface area (Å²) in [6, 6.07) is 0. The molecule has 0 atom stereocenters. The first-order valence-electron chi connectivity index (χ1n) is 7.17. The second kappa shape index (κ2) is 6.98. The maximum atomic E-state index is 4.49. The van der Waals surface area contributed by atoms with Gasteiger partial charge in [-0.1, -0.05) is 13.3 Å². The third-order valence-corrected chi connectivity index (χ3v) is 3.18. The van der Waals surface area contributed by atoms with Gasteiger partial charge in [0.05, 0.1) is 0 Å². The van der Waals surface area contributed by atoms with Gasteiger partial charge in [0, 0.05) is 31.3 Å². The zero-order valence-corrected chi connectivity index (χ0v) is 12.4. The van der Waals surface area contributed by atoms with E-state index in [0.29, 0.717) is 0 Å². The van der Waals surface area contributed by atoms with Crippen LogP contribution >= 0.6 is 0 Å². The number of aromatic nitrogens is 5. The Morgan fingerprint density at radius 3 is 2.85 bits per heavy atom. The van der Waals surface area contributed by atoms with E-state index in [1.54, 1.807) is 6.33 Å². The highest BCUT2D eigenvalue weighted by atomic mass is 15.3. The standard InChI is InChI=1S/C14H22N6/c1-4-6-12-9-16-11(3)18-14(12)15-8-7-13-19-17-10-20(13)5-2/h9-10H,4-8H2,1-3H3,(H,15,16,18). The van der Waals surface area contributed by atoms with Gasteiger partial charge in [-0.15, -0.1) is 10.2 Å². The Bertz CT molecular complexity index is 548. The van der Waals surface area contributed by atoms with Crippen LogP contribution in [0, 0.1) is 6.92 Å². The molecule has 0 amide bonds. The fourth-order valence-corrected chi connectivity index (χ4v) is 2.13. The first kappa shape index (κ1) is 14.4. The van der Waals surface area contributed by atoms with E-state index in [1.165, 1.54) is 5.56 Å². The highest BCUT2D eigenvalue weighted by molar-refractivity contribution is 5.43. The second-order valence-corrected chi connectivity index (χ2v) is 4.75. The van der Waals surface area contributed by atoms with Crippen molar-refractivity contribution in [2.24, 2.45) is 0 Å². The van der Waals surface area contributed by atoms with Gasteiger partial charge < -0.3 is 9.88 Å². The fraction of sp³-hybridized carbons (Fsp3) is 0.571. The molecule has 0 aliphatic rings. The molecule has 2 aromatic heterocycles. The van der Waals surface area contributed by atoms with Gasteiger partial charge in [-0.2, -0.15) is 0 Å². The van der Waals surface area contributed by atoms with E-state index in [-0.39, 0.29) is 0 Å². The molecular formula is C14H22N6. The van der Waals surface area contributed by atoms with Gasteiger partial charge >= 0.3 is 0 Å². The Morgan fingerprint density at radius 1 is 1.25 bits per heavy atom. The molecular weight excluding hydrogens is 252 g/mol. The van der Waals surface area contributed by atoms with E-state index in [0.717, 1.165) is 49.8 Å². The molecule has 0 aliphatic carbocycles. The molecule has 0 saturated heterocycles. The summed E-state index contributed by atoms with van der Waals surface area (Å²) in [6.07, 6.45) is 6.61. The Labute approximate surface area is 119 Å². The molecule has 0 radical (unpaired) electrons. The molecule has 0 aliphatic heterocycles. The molecule has 0 fully saturated rings. The second-order valence-electron chi connectivity index (χ2n) is 4.75. The van der Waals surface area contributed by atoms with Crippen molar-refractivity contribution in [3.63, 3.8) is 0 Å². The maximum Gasteiger partial charge on any atom is 0.134 e. The number of hydrogen-bond donors (Lipinski definition) is 1. The van der Waals surface area contributed by atoms with E-state index in [2.05, 4.69) is 43.9 Å². The number of rotatable bonds is 7. The minimum absolute atomic E-state index is 0.795. The average molecular weight is 274 g/mol. The normalized spacial score (nSPS) is 10.8. The maximum absolute atomic E-state index is 4.49. The number of nitrogens with zero attached hydrogens (tertiary/aromatic N) is 5. The molecule has 108 valence electrons. The highest BCUT2D eigenvalue weighted by Crippen LogP contribution is 2.13. The van der Waals surface area contributed by atoms with Crippen LogP contribution in [0.25, 0.3) is 0 Å². The third-order valence-electron chi connectivity index (χ3n) is 3.18. The van der Waals surface area contributed by atoms with E-state index in [9.17, 15) is 0 Å². The van der Waals surface area contributed by atoms with Crippen LogP contribution in [0.4, 0.5) is 5.82 Å². The summed E-state index contributed by atoms with van der Waals surface area (Å²) in [5.41, 5.74) is 1.18. The summed E-state index contributed by atoms with van der Waals surface area (Å²) in [7, 11) is 0. The zero-order chi connectivity index (χ0) is 14.4. The summed E-state index contributed by atoms with van der Waals surface area (Å²) >= 11 is 0. The van der Waals surface area contributed by atoms with Crippen LogP contribution in [0.5, 0.6) is 0 Å². The summed E-state index contributed by atoms with van der Waals surface area (Å²) < 4.78 is 2.06. The Kier molecular flexibility index (Phi) is 5.03. The van der Waals surface area contributed by atoms with Crippen molar-refractivity contribution in [1.82, 2.24) is 24.7 Å². The van der Waals surface area contributed by atoms with Gasteiger partial charge in [0.25, 0.3) is 0 Å². The average Bonchev–Trinajstić information content (AvgIpc) is 2.89. The Hall–Kier alpha value is -1.98. The van der Waals surface area contributed by atoms with Crippen molar-refractivity contribution in [2.75, 3.05) is 11.9 Å². The number of anilines is 1. The van der Waals surface area contributed by atoms with Crippen LogP contribution < -0.4 is 5.32 Å². The summed E-state index contributed by atoms with van der Waals surface area (Å²) in [6.45, 7) is 7.86. The van der Waals surface area contributed by atoms with Crippen LogP contribution in [-0.4, -0.2) is 31.3 Å². The fourth-order valence-electron chi connectivity index (χ4n) is 2.13. The number of hydrogen-bond acceptors (Lipinski definition) is 5. The predicted octanol–water partition coefficient (Wildman–Crippen LogP) is 2.00. The molecule has 1 N–H and O–H groups in total. The first-order valence-corrected chi connectivity index (χ1v) is 7.17. The molecule has 0 aromatic carbocycles. The molecule has 2 rings (SSSR count). The number of nitrogens with one attached hydrogen (secondary N) is 1. The topological polar surface area (TPSA) is 68.5 Å². The van der Waals surface area contributed by atoms with Crippen molar-refractivity contribution in [1.29, 1.82) is 0 Å². The summed E-state index contributed by atoms with van der Waals surface area (Å²) in [5.74, 6) is 2.74. The quantitative estimate of drug-likeness (QED) is 0.836. The lowest BCUT2D eigenvalue weighted by molar-refractivity contribution is 0.697. The first-order chi connectivity index (χ1) is 9.74. The lowest BCUT2D eigenvalue weighted by Gasteiger charge is -2.11. The van der Waals surface area contributed by atoms with Crippen molar-refractivity contribution in [3.05, 3.63) is 29.7 Å². The molecule has 0 bridgehead atoms. The summed E-state index contributed by atoms with van der Waals surface area (Å²) in [5, 5.41) is 11.5. The smallest absolute Gasteiger partial charge is 0.134 e. The Morgan fingerprint density at radius 2 is 2.10 bits per heavy atom. The van der Waals surface area contributed by atoms with Gasteiger partial charge in [0.1, 0.15) is 23.8 Å². The van der Waals surface area contributed by atoms with Crippen molar-refractivity contribution < 1.29 is 0 Å². The van der Waals surface area contributed by atoms with Crippen molar-refractivity contribution in [3.8, 4) is 0 Å². The van der Waals surface area contributed by atoms with Crippen molar-refractivity contribution in [2.45, 2.75) is 46.6 Å². The predicted molar refractivity (Wildman–Crippen MR) is 78.7 cm³/mol. The van der Waals surface area contributed by atoms with E-state index in [1.807, 2.05) is 13.1 Å². The van der Waals surface area contributed by atoms with Crippen molar-refractivity contribution >= 4 is 5.82 Å². The minimum atomic E-state index is 0.795. The molecule has 0 unspecified atom stereocenters. The molecule has 6 heteroatoms. The van der Waals surface area contributed by atoms with Gasteiger partial charge in [-0.3, -0.25) is 0 Å². The number of aryl methyl sites for hydroxylation is 3. The van der Waals surface area contributed by atoms with Crippen LogP contribution in [0.2, 0.25) is 0 Å². The lowest BCUT2D eigenvalue weighted by atomic mass is 10.2. The molecule has 0 saturated carbocycles. The van der Waals surface area contributed by atoms with Crippen LogP contribution in [0.1, 0.15) is 37.5 Å². The third kappa shape index (κ3) is 3.53. The molecule has 2 aromatic rings. The molecule has 2 heterocycles. The molecule has 0 spiro atoms. The van der Waals surface area contributed by atoms with Crippen LogP contribution in [0.3, 0.4) is 0 Å². The SMILES string of the molecule is CCCc1cnc(C)nc1NCCc1nncn1CC. The molecule has 6 nitrogen and oxygen atoms in total. The van der Waals surface area contributed by atoms with Gasteiger partial charge in [0.15, 0.2) is 0 Å². The van der Waals surface area contributed by atoms with Gasteiger partial charge in [0.2, 0.25) is 0 Å². The van der Waals surface area contributed by atoms with Gasteiger partial charge in [-0.25, -0.2) is 9.97 Å². The van der Waals surface area contributed by atoms with Gasteiger partial charge in [-0.05, 0) is 20.3 Å². The van der Waals surface area contributed by atoms with Crippen LogP contribution in [0.15, 0.2) is 12.5 Å². The van der Waals surface area contributed by atoms with E-state index in [4.69, 9.17) is 0 Å². The van der Waals surface area contributed by atoms with E-state index < -0.39 is 0 Å². The van der Waals surface area contributed by atoms with Crippen LogP contribution in [-0.2, 0) is 19.4 Å². The molecule has 20 heavy (non-hydrogen) atoms. The minimum Gasteiger partial charge on any atom is -0.369 e. The lowest BCUT2D eigenvalue weighted by Crippen LogP contribution is -2.12. The Balaban J connectivity index is 1.98. The summed E-state index contributed by atoms with van der Waals surface area (Å²) in [4.78, 5) is 8.75. The monoisotopic (exact) mass is 274 g/mol. The zero-order valence-electron chi connectivity index (χ0n) is 12.4. The largest absolute Gasteiger partial charge is 0.369 e. The van der Waals surface area contributed by atoms with E-state index >= 15 is 0 Å². The highest BCUT2D eigenvalue weighted by Gasteiger charge is 2.06.